The molecule has 130 valence electrons. The van der Waals surface area contributed by atoms with Crippen LogP contribution in [0.4, 0.5) is 0 Å². The molecule has 0 aliphatic carbocycles. The molecular weight excluding hydrogens is 316 g/mol. The van der Waals surface area contributed by atoms with Crippen molar-refractivity contribution < 1.29 is 14.3 Å². The van der Waals surface area contributed by atoms with Gasteiger partial charge in [0.15, 0.2) is 0 Å². The van der Waals surface area contributed by atoms with Crippen LogP contribution in [0.2, 0.25) is 0 Å². The van der Waals surface area contributed by atoms with Gasteiger partial charge in [-0.15, -0.1) is 0 Å². The number of ether oxygens (including phenoxy) is 2. The van der Waals surface area contributed by atoms with E-state index in [1.54, 1.807) is 24.5 Å². The Morgan fingerprint density at radius 1 is 1.12 bits per heavy atom. The van der Waals surface area contributed by atoms with Crippen molar-refractivity contribution in [3.8, 4) is 5.75 Å². The van der Waals surface area contributed by atoms with Gasteiger partial charge < -0.3 is 14.4 Å². The molecular formula is C20H22N2O3. The number of amides is 1. The van der Waals surface area contributed by atoms with E-state index in [9.17, 15) is 4.79 Å². The predicted molar refractivity (Wildman–Crippen MR) is 93.5 cm³/mol. The average Bonchev–Trinajstić information content (AvgIpc) is 3.05. The Morgan fingerprint density at radius 3 is 2.56 bits per heavy atom. The highest BCUT2D eigenvalue weighted by Gasteiger charge is 2.44. The average molecular weight is 338 g/mol. The van der Waals surface area contributed by atoms with Gasteiger partial charge in [0.2, 0.25) is 0 Å². The highest BCUT2D eigenvalue weighted by molar-refractivity contribution is 5.94. The number of rotatable bonds is 3. The van der Waals surface area contributed by atoms with E-state index in [1.807, 2.05) is 35.2 Å². The Kier molecular flexibility index (Phi) is 4.40. The zero-order valence-corrected chi connectivity index (χ0v) is 14.1. The summed E-state index contributed by atoms with van der Waals surface area (Å²) in [7, 11) is 0. The summed E-state index contributed by atoms with van der Waals surface area (Å²) in [6.07, 6.45) is 6.01. The monoisotopic (exact) mass is 338 g/mol. The minimum atomic E-state index is -0.144. The number of nitrogens with zero attached hydrogens (tertiary/aromatic N) is 2. The molecule has 5 heteroatoms. The third-order valence-corrected chi connectivity index (χ3v) is 5.11. The van der Waals surface area contributed by atoms with Gasteiger partial charge in [-0.1, -0.05) is 18.2 Å². The van der Waals surface area contributed by atoms with Crippen LogP contribution in [0.3, 0.4) is 0 Å². The molecule has 0 bridgehead atoms. The summed E-state index contributed by atoms with van der Waals surface area (Å²) in [5.74, 6) is 0.964. The van der Waals surface area contributed by atoms with Gasteiger partial charge >= 0.3 is 0 Å². The number of likely N-dealkylation sites (tertiary alicyclic amines) is 1. The number of para-hydroxylation sites is 1. The largest absolute Gasteiger partial charge is 0.488 e. The van der Waals surface area contributed by atoms with Crippen molar-refractivity contribution >= 4 is 5.91 Å². The molecule has 2 saturated heterocycles. The first-order chi connectivity index (χ1) is 12.2. The van der Waals surface area contributed by atoms with Gasteiger partial charge in [-0.25, -0.2) is 0 Å². The molecule has 1 aromatic heterocycles. The molecule has 2 aliphatic heterocycles. The minimum Gasteiger partial charge on any atom is -0.488 e. The van der Waals surface area contributed by atoms with E-state index in [0.29, 0.717) is 12.2 Å². The van der Waals surface area contributed by atoms with E-state index in [0.717, 1.165) is 38.1 Å². The summed E-state index contributed by atoms with van der Waals surface area (Å²) in [5.41, 5.74) is 0.553. The van der Waals surface area contributed by atoms with Crippen LogP contribution in [0.15, 0.2) is 54.9 Å². The number of piperidine rings is 1. The lowest BCUT2D eigenvalue weighted by atomic mass is 9.87. The molecule has 0 saturated carbocycles. The van der Waals surface area contributed by atoms with Crippen LogP contribution in [-0.2, 0) is 4.74 Å². The van der Waals surface area contributed by atoms with Crippen LogP contribution in [0.5, 0.6) is 5.75 Å². The second-order valence-corrected chi connectivity index (χ2v) is 6.78. The fourth-order valence-corrected chi connectivity index (χ4v) is 3.71. The molecule has 2 aromatic rings. The van der Waals surface area contributed by atoms with E-state index < -0.39 is 0 Å². The first-order valence-corrected chi connectivity index (χ1v) is 8.79. The fourth-order valence-electron chi connectivity index (χ4n) is 3.71. The van der Waals surface area contributed by atoms with E-state index in [1.165, 1.54) is 0 Å². The third kappa shape index (κ3) is 3.51. The van der Waals surface area contributed by atoms with Gasteiger partial charge in [0.25, 0.3) is 5.91 Å². The summed E-state index contributed by atoms with van der Waals surface area (Å²) in [6, 6.07) is 13.4. The van der Waals surface area contributed by atoms with E-state index >= 15 is 0 Å². The molecule has 0 N–H and O–H groups in total. The molecule has 2 aliphatic rings. The Bertz CT molecular complexity index is 712. The number of hydrogen-bond donors (Lipinski definition) is 0. The molecule has 0 radical (unpaired) electrons. The van der Waals surface area contributed by atoms with Crippen LogP contribution >= 0.6 is 0 Å². The lowest BCUT2D eigenvalue weighted by Crippen LogP contribution is -2.46. The first-order valence-electron chi connectivity index (χ1n) is 8.79. The maximum Gasteiger partial charge on any atom is 0.253 e. The number of hydrogen-bond acceptors (Lipinski definition) is 4. The maximum absolute atomic E-state index is 12.5. The van der Waals surface area contributed by atoms with Crippen LogP contribution in [0.1, 0.15) is 29.6 Å². The second-order valence-electron chi connectivity index (χ2n) is 6.78. The Labute approximate surface area is 147 Å². The second kappa shape index (κ2) is 6.84. The van der Waals surface area contributed by atoms with Crippen LogP contribution in [0.25, 0.3) is 0 Å². The molecule has 1 aromatic carbocycles. The smallest absolute Gasteiger partial charge is 0.253 e. The molecule has 4 rings (SSSR count). The van der Waals surface area contributed by atoms with Crippen molar-refractivity contribution in [1.29, 1.82) is 0 Å². The van der Waals surface area contributed by atoms with Gasteiger partial charge in [-0.2, -0.15) is 0 Å². The number of benzene rings is 1. The lowest BCUT2D eigenvalue weighted by Gasteiger charge is -2.38. The first kappa shape index (κ1) is 16.1. The summed E-state index contributed by atoms with van der Waals surface area (Å²) in [4.78, 5) is 18.4. The molecule has 1 amide bonds. The zero-order chi connectivity index (χ0) is 17.1. The van der Waals surface area contributed by atoms with Crippen LogP contribution in [0, 0.1) is 0 Å². The van der Waals surface area contributed by atoms with E-state index in [4.69, 9.17) is 9.47 Å². The van der Waals surface area contributed by atoms with Crippen molar-refractivity contribution in [3.63, 3.8) is 0 Å². The van der Waals surface area contributed by atoms with E-state index in [2.05, 4.69) is 4.98 Å². The standard InChI is InChI=1S/C20H22N2O3/c23-19(16-6-10-21-11-7-16)22-12-8-20(9-13-22)14-18(15-24-20)25-17-4-2-1-3-5-17/h1-7,10-11,18H,8-9,12-15H2. The van der Waals surface area contributed by atoms with Gasteiger partial charge in [-0.3, -0.25) is 9.78 Å². The van der Waals surface area contributed by atoms with Gasteiger partial charge in [0.1, 0.15) is 11.9 Å². The van der Waals surface area contributed by atoms with E-state index in [-0.39, 0.29) is 17.6 Å². The molecule has 5 nitrogen and oxygen atoms in total. The number of carbonyl (C=O) groups excluding carboxylic acids is 1. The number of pyridine rings is 1. The molecule has 2 fully saturated rings. The number of aromatic nitrogens is 1. The molecule has 1 unspecified atom stereocenters. The topological polar surface area (TPSA) is 51.7 Å². The van der Waals surface area contributed by atoms with Crippen molar-refractivity contribution in [2.45, 2.75) is 31.0 Å². The van der Waals surface area contributed by atoms with Crippen LogP contribution < -0.4 is 4.74 Å². The minimum absolute atomic E-state index is 0.0762. The molecule has 3 heterocycles. The summed E-state index contributed by atoms with van der Waals surface area (Å²) >= 11 is 0. The maximum atomic E-state index is 12.5. The van der Waals surface area contributed by atoms with Crippen molar-refractivity contribution in [3.05, 3.63) is 60.4 Å². The zero-order valence-electron chi connectivity index (χ0n) is 14.1. The van der Waals surface area contributed by atoms with Crippen molar-refractivity contribution in [2.24, 2.45) is 0 Å². The normalized spacial score (nSPS) is 22.1. The predicted octanol–water partition coefficient (Wildman–Crippen LogP) is 2.92. The quantitative estimate of drug-likeness (QED) is 0.863. The van der Waals surface area contributed by atoms with Crippen LogP contribution in [-0.4, -0.2) is 47.2 Å². The Balaban J connectivity index is 1.33. The lowest BCUT2D eigenvalue weighted by molar-refractivity contribution is -0.0395. The molecule has 1 atom stereocenters. The van der Waals surface area contributed by atoms with Gasteiger partial charge in [-0.05, 0) is 37.1 Å². The Morgan fingerprint density at radius 2 is 1.84 bits per heavy atom. The Hall–Kier alpha value is -2.40. The highest BCUT2D eigenvalue weighted by atomic mass is 16.6. The number of carbonyl (C=O) groups is 1. The molecule has 25 heavy (non-hydrogen) atoms. The van der Waals surface area contributed by atoms with Gasteiger partial charge in [0, 0.05) is 37.5 Å². The highest BCUT2D eigenvalue weighted by Crippen LogP contribution is 2.37. The van der Waals surface area contributed by atoms with Crippen molar-refractivity contribution in [2.75, 3.05) is 19.7 Å². The summed E-state index contributed by atoms with van der Waals surface area (Å²) in [5, 5.41) is 0. The summed E-state index contributed by atoms with van der Waals surface area (Å²) in [6.45, 7) is 2.06. The van der Waals surface area contributed by atoms with Gasteiger partial charge in [0.05, 0.1) is 12.2 Å². The fraction of sp³-hybridized carbons (Fsp3) is 0.400. The molecule has 1 spiro atoms. The van der Waals surface area contributed by atoms with Crippen molar-refractivity contribution in [1.82, 2.24) is 9.88 Å². The summed E-state index contributed by atoms with van der Waals surface area (Å²) < 4.78 is 12.2. The third-order valence-electron chi connectivity index (χ3n) is 5.11. The SMILES string of the molecule is O=C(c1ccncc1)N1CCC2(CC1)CC(Oc1ccccc1)CO2.